The van der Waals surface area contributed by atoms with Gasteiger partial charge in [0.25, 0.3) is 5.91 Å². The minimum Gasteiger partial charge on any atom is -0.481 e. The van der Waals surface area contributed by atoms with Crippen molar-refractivity contribution in [2.24, 2.45) is 5.92 Å². The van der Waals surface area contributed by atoms with Crippen molar-refractivity contribution in [1.29, 1.82) is 0 Å². The van der Waals surface area contributed by atoms with Crippen LogP contribution in [0.3, 0.4) is 0 Å². The molecule has 1 aromatic rings. The number of hydrogen-bond acceptors (Lipinski definition) is 5. The second-order valence-electron chi connectivity index (χ2n) is 7.69. The number of carbonyl (C=O) groups excluding carboxylic acids is 1. The molecule has 2 bridgehead atoms. The summed E-state index contributed by atoms with van der Waals surface area (Å²) in [5.74, 6) is 0.104. The maximum atomic E-state index is 12.5. The highest BCUT2D eigenvalue weighted by atomic mass is 16.5. The van der Waals surface area contributed by atoms with Crippen LogP contribution in [0.1, 0.15) is 67.2 Å². The van der Waals surface area contributed by atoms with E-state index in [-0.39, 0.29) is 36.4 Å². The first-order valence-electron chi connectivity index (χ1n) is 9.90. The predicted molar refractivity (Wildman–Crippen MR) is 96.4 cm³/mol. The van der Waals surface area contributed by atoms with Gasteiger partial charge in [0.05, 0.1) is 18.1 Å². The van der Waals surface area contributed by atoms with Crippen molar-refractivity contribution in [3.8, 4) is 0 Å². The second-order valence-corrected chi connectivity index (χ2v) is 7.69. The van der Waals surface area contributed by atoms with Crippen molar-refractivity contribution in [3.63, 3.8) is 0 Å². The molecule has 1 amide bonds. The van der Waals surface area contributed by atoms with Crippen LogP contribution in [0, 0.1) is 5.92 Å². The topological polar surface area (TPSA) is 92.9 Å². The van der Waals surface area contributed by atoms with Crippen molar-refractivity contribution >= 4 is 11.9 Å². The highest BCUT2D eigenvalue weighted by Gasteiger charge is 2.51. The van der Waals surface area contributed by atoms with Gasteiger partial charge in [0, 0.05) is 25.4 Å². The van der Waals surface area contributed by atoms with Gasteiger partial charge in [-0.1, -0.05) is 12.2 Å². The first-order chi connectivity index (χ1) is 13.1. The molecule has 146 valence electrons. The molecular formula is C20H26N2O5. The van der Waals surface area contributed by atoms with Crippen LogP contribution in [-0.4, -0.2) is 52.2 Å². The Morgan fingerprint density at radius 1 is 1.22 bits per heavy atom. The summed E-state index contributed by atoms with van der Waals surface area (Å²) in [6, 6.07) is 0. The fourth-order valence-corrected chi connectivity index (χ4v) is 4.62. The number of nitrogens with zero attached hydrogens (tertiary/aromatic N) is 2. The molecule has 3 saturated heterocycles. The lowest BCUT2D eigenvalue weighted by Gasteiger charge is -2.24. The number of carboxylic acids is 1. The Hall–Kier alpha value is -2.15. The van der Waals surface area contributed by atoms with Gasteiger partial charge in [0.15, 0.2) is 5.69 Å². The van der Waals surface area contributed by atoms with E-state index in [9.17, 15) is 9.59 Å². The fourth-order valence-electron chi connectivity index (χ4n) is 4.62. The summed E-state index contributed by atoms with van der Waals surface area (Å²) < 4.78 is 11.8. The summed E-state index contributed by atoms with van der Waals surface area (Å²) >= 11 is 0. The molecule has 7 nitrogen and oxygen atoms in total. The van der Waals surface area contributed by atoms with E-state index in [2.05, 4.69) is 4.98 Å². The van der Waals surface area contributed by atoms with Crippen LogP contribution in [0.5, 0.6) is 0 Å². The summed E-state index contributed by atoms with van der Waals surface area (Å²) in [4.78, 5) is 29.5. The third-order valence-electron chi connectivity index (χ3n) is 5.94. The summed E-state index contributed by atoms with van der Waals surface area (Å²) in [6.45, 7) is 1.59. The van der Waals surface area contributed by atoms with Crippen LogP contribution in [0.2, 0.25) is 0 Å². The van der Waals surface area contributed by atoms with Crippen molar-refractivity contribution in [2.45, 2.75) is 63.1 Å². The predicted octanol–water partition coefficient (Wildman–Crippen LogP) is 2.98. The van der Waals surface area contributed by atoms with E-state index in [0.29, 0.717) is 18.0 Å². The number of allylic oxidation sites excluding steroid dienone is 2. The maximum Gasteiger partial charge on any atom is 0.303 e. The SMILES string of the molecule is O=C(O)CCC=CC[C@H]1[C@@H](c2nc(C(=O)N3CCCC3)co2)[C@@H]2CC[C@H]1O2. The van der Waals surface area contributed by atoms with E-state index in [4.69, 9.17) is 14.3 Å². The van der Waals surface area contributed by atoms with E-state index in [1.165, 1.54) is 6.26 Å². The number of carboxylic acid groups (broad SMARTS) is 1. The Kier molecular flexibility index (Phi) is 5.29. The number of fused-ring (bicyclic) bond motifs is 2. The Morgan fingerprint density at radius 2 is 2.00 bits per heavy atom. The first kappa shape index (κ1) is 18.2. The normalized spacial score (nSPS) is 29.9. The Morgan fingerprint density at radius 3 is 2.78 bits per heavy atom. The quantitative estimate of drug-likeness (QED) is 0.738. The van der Waals surface area contributed by atoms with Crippen LogP contribution in [0.25, 0.3) is 0 Å². The standard InChI is InChI=1S/C20H26N2O5/c23-17(24)7-3-1-2-6-13-15-8-9-16(27-15)18(13)19-21-14(12-26-19)20(25)22-10-4-5-11-22/h1-2,12-13,15-16,18H,3-11H2,(H,23,24)/t13-,15-,16+,18-/m1/s1. The zero-order valence-electron chi connectivity index (χ0n) is 15.4. The summed E-state index contributed by atoms with van der Waals surface area (Å²) in [6.07, 6.45) is 11.4. The second kappa shape index (κ2) is 7.84. The molecule has 0 saturated carbocycles. The molecule has 4 atom stereocenters. The van der Waals surface area contributed by atoms with Gasteiger partial charge in [0.1, 0.15) is 6.26 Å². The molecule has 0 aromatic carbocycles. The van der Waals surface area contributed by atoms with Crippen LogP contribution >= 0.6 is 0 Å². The lowest BCUT2D eigenvalue weighted by Crippen LogP contribution is -2.28. The molecule has 3 aliphatic rings. The number of amides is 1. The minimum atomic E-state index is -0.782. The molecule has 27 heavy (non-hydrogen) atoms. The van der Waals surface area contributed by atoms with Gasteiger partial charge in [-0.2, -0.15) is 0 Å². The average Bonchev–Trinajstić information content (AvgIpc) is 3.44. The van der Waals surface area contributed by atoms with Crippen LogP contribution in [0.15, 0.2) is 22.8 Å². The van der Waals surface area contributed by atoms with E-state index in [1.807, 2.05) is 17.1 Å². The van der Waals surface area contributed by atoms with Gasteiger partial charge in [-0.3, -0.25) is 9.59 Å². The summed E-state index contributed by atoms with van der Waals surface area (Å²) in [7, 11) is 0. The van der Waals surface area contributed by atoms with Crippen LogP contribution < -0.4 is 0 Å². The number of ether oxygens (including phenoxy) is 1. The lowest BCUT2D eigenvalue weighted by molar-refractivity contribution is -0.136. The number of hydrogen-bond donors (Lipinski definition) is 1. The monoisotopic (exact) mass is 374 g/mol. The highest BCUT2D eigenvalue weighted by Crippen LogP contribution is 2.50. The number of aromatic nitrogens is 1. The molecule has 1 N–H and O–H groups in total. The van der Waals surface area contributed by atoms with E-state index >= 15 is 0 Å². The molecule has 7 heteroatoms. The molecule has 0 unspecified atom stereocenters. The third-order valence-corrected chi connectivity index (χ3v) is 5.94. The molecule has 3 fully saturated rings. The molecule has 0 spiro atoms. The highest BCUT2D eigenvalue weighted by molar-refractivity contribution is 5.92. The summed E-state index contributed by atoms with van der Waals surface area (Å²) in [5.41, 5.74) is 0.394. The van der Waals surface area contributed by atoms with Crippen molar-refractivity contribution in [3.05, 3.63) is 30.0 Å². The largest absolute Gasteiger partial charge is 0.481 e. The molecule has 4 rings (SSSR count). The maximum absolute atomic E-state index is 12.5. The van der Waals surface area contributed by atoms with Crippen molar-refractivity contribution in [1.82, 2.24) is 9.88 Å². The molecule has 0 aliphatic carbocycles. The van der Waals surface area contributed by atoms with Crippen molar-refractivity contribution < 1.29 is 23.8 Å². The van der Waals surface area contributed by atoms with Crippen LogP contribution in [-0.2, 0) is 9.53 Å². The summed E-state index contributed by atoms with van der Waals surface area (Å²) in [5, 5.41) is 8.72. The average molecular weight is 374 g/mol. The number of likely N-dealkylation sites (tertiary alicyclic amines) is 1. The van der Waals surface area contributed by atoms with Gasteiger partial charge in [-0.15, -0.1) is 0 Å². The minimum absolute atomic E-state index is 0.0447. The zero-order valence-corrected chi connectivity index (χ0v) is 15.4. The van der Waals surface area contributed by atoms with Gasteiger partial charge in [-0.05, 0) is 38.5 Å². The molecule has 3 aliphatic heterocycles. The first-order valence-corrected chi connectivity index (χ1v) is 9.90. The number of aliphatic carboxylic acids is 1. The number of rotatable bonds is 7. The number of oxazole rings is 1. The Bertz CT molecular complexity index is 722. The van der Waals surface area contributed by atoms with Gasteiger partial charge in [0.2, 0.25) is 5.89 Å². The zero-order chi connectivity index (χ0) is 18.8. The van der Waals surface area contributed by atoms with Gasteiger partial charge >= 0.3 is 5.97 Å². The van der Waals surface area contributed by atoms with Gasteiger partial charge < -0.3 is 19.2 Å². The Balaban J connectivity index is 1.43. The molecule has 4 heterocycles. The molecule has 1 aromatic heterocycles. The van der Waals surface area contributed by atoms with Gasteiger partial charge in [-0.25, -0.2) is 4.98 Å². The smallest absolute Gasteiger partial charge is 0.303 e. The fraction of sp³-hybridized carbons (Fsp3) is 0.650. The molecule has 0 radical (unpaired) electrons. The van der Waals surface area contributed by atoms with E-state index in [0.717, 1.165) is 45.2 Å². The van der Waals surface area contributed by atoms with Crippen LogP contribution in [0.4, 0.5) is 0 Å². The third kappa shape index (κ3) is 3.78. The van der Waals surface area contributed by atoms with E-state index in [1.54, 1.807) is 0 Å². The number of carbonyl (C=O) groups is 2. The lowest BCUT2D eigenvalue weighted by atomic mass is 9.77. The van der Waals surface area contributed by atoms with E-state index < -0.39 is 5.97 Å². The van der Waals surface area contributed by atoms with Crippen molar-refractivity contribution in [2.75, 3.05) is 13.1 Å². The molecular weight excluding hydrogens is 348 g/mol. The Labute approximate surface area is 158 Å².